The summed E-state index contributed by atoms with van der Waals surface area (Å²) < 4.78 is 6.86. The molecule has 1 aromatic rings. The second kappa shape index (κ2) is 7.09. The third-order valence-corrected chi connectivity index (χ3v) is 3.57. The summed E-state index contributed by atoms with van der Waals surface area (Å²) >= 11 is 3.48. The minimum Gasteiger partial charge on any atom is -0.488 e. The van der Waals surface area contributed by atoms with Gasteiger partial charge in [-0.25, -0.2) is 0 Å². The van der Waals surface area contributed by atoms with Gasteiger partial charge in [-0.2, -0.15) is 0 Å². The Bertz CT molecular complexity index is 369. The van der Waals surface area contributed by atoms with Gasteiger partial charge in [0.1, 0.15) is 11.9 Å². The van der Waals surface area contributed by atoms with Crippen molar-refractivity contribution >= 4 is 15.9 Å². The van der Waals surface area contributed by atoms with Crippen LogP contribution in [-0.2, 0) is 0 Å². The van der Waals surface area contributed by atoms with Gasteiger partial charge in [0.2, 0.25) is 0 Å². The van der Waals surface area contributed by atoms with Crippen LogP contribution in [0.4, 0.5) is 0 Å². The van der Waals surface area contributed by atoms with Crippen LogP contribution in [0.1, 0.15) is 13.3 Å². The molecule has 1 aliphatic rings. The molecule has 5 heteroatoms. The number of hydrazine groups is 1. The van der Waals surface area contributed by atoms with E-state index in [1.54, 1.807) is 0 Å². The molecule has 18 heavy (non-hydrogen) atoms. The monoisotopic (exact) mass is 313 g/mol. The SMILES string of the molecule is CC(CNCC1CCNN1)Oc1ccccc1Br. The average molecular weight is 314 g/mol. The molecule has 0 saturated carbocycles. The molecule has 1 heterocycles. The summed E-state index contributed by atoms with van der Waals surface area (Å²) in [5.41, 5.74) is 6.36. The minimum absolute atomic E-state index is 0.151. The molecule has 2 unspecified atom stereocenters. The van der Waals surface area contributed by atoms with E-state index in [2.05, 4.69) is 39.0 Å². The van der Waals surface area contributed by atoms with Gasteiger partial charge in [0.25, 0.3) is 0 Å². The summed E-state index contributed by atoms with van der Waals surface area (Å²) in [6.45, 7) is 4.94. The van der Waals surface area contributed by atoms with Crippen LogP contribution in [0.5, 0.6) is 5.75 Å². The maximum absolute atomic E-state index is 5.86. The number of nitrogens with one attached hydrogen (secondary N) is 3. The smallest absolute Gasteiger partial charge is 0.133 e. The van der Waals surface area contributed by atoms with Gasteiger partial charge in [-0.15, -0.1) is 0 Å². The molecule has 2 atom stereocenters. The van der Waals surface area contributed by atoms with E-state index in [-0.39, 0.29) is 6.10 Å². The number of halogens is 1. The van der Waals surface area contributed by atoms with Crippen molar-refractivity contribution in [2.45, 2.75) is 25.5 Å². The highest BCUT2D eigenvalue weighted by Crippen LogP contribution is 2.24. The summed E-state index contributed by atoms with van der Waals surface area (Å²) in [5, 5.41) is 3.42. The largest absolute Gasteiger partial charge is 0.488 e. The second-order valence-electron chi connectivity index (χ2n) is 4.57. The fourth-order valence-electron chi connectivity index (χ4n) is 1.95. The Labute approximate surface area is 117 Å². The maximum atomic E-state index is 5.86. The number of rotatable bonds is 6. The first kappa shape index (κ1) is 13.8. The molecule has 3 N–H and O–H groups in total. The van der Waals surface area contributed by atoms with Gasteiger partial charge < -0.3 is 10.1 Å². The Morgan fingerprint density at radius 2 is 2.33 bits per heavy atom. The summed E-state index contributed by atoms with van der Waals surface area (Å²) in [6.07, 6.45) is 1.32. The zero-order chi connectivity index (χ0) is 12.8. The number of benzene rings is 1. The van der Waals surface area contributed by atoms with Crippen molar-refractivity contribution in [3.05, 3.63) is 28.7 Å². The van der Waals surface area contributed by atoms with Crippen molar-refractivity contribution in [3.63, 3.8) is 0 Å². The molecule has 1 fully saturated rings. The van der Waals surface area contributed by atoms with Crippen molar-refractivity contribution < 1.29 is 4.74 Å². The molecule has 4 nitrogen and oxygen atoms in total. The van der Waals surface area contributed by atoms with Crippen LogP contribution in [0.3, 0.4) is 0 Å². The number of ether oxygens (including phenoxy) is 1. The number of para-hydroxylation sites is 1. The third-order valence-electron chi connectivity index (χ3n) is 2.91. The van der Waals surface area contributed by atoms with E-state index < -0.39 is 0 Å². The Kier molecular flexibility index (Phi) is 5.44. The summed E-state index contributed by atoms with van der Waals surface area (Å²) in [7, 11) is 0. The molecular formula is C13H20BrN3O. The van der Waals surface area contributed by atoms with Crippen LogP contribution < -0.4 is 20.9 Å². The zero-order valence-corrected chi connectivity index (χ0v) is 12.2. The lowest BCUT2D eigenvalue weighted by atomic mass is 10.2. The van der Waals surface area contributed by atoms with Crippen molar-refractivity contribution in [1.29, 1.82) is 0 Å². The van der Waals surface area contributed by atoms with Crippen LogP contribution >= 0.6 is 15.9 Å². The van der Waals surface area contributed by atoms with E-state index in [0.29, 0.717) is 6.04 Å². The predicted molar refractivity (Wildman–Crippen MR) is 76.6 cm³/mol. The molecule has 100 valence electrons. The molecule has 0 bridgehead atoms. The van der Waals surface area contributed by atoms with E-state index in [1.165, 1.54) is 6.42 Å². The van der Waals surface area contributed by atoms with E-state index >= 15 is 0 Å². The fraction of sp³-hybridized carbons (Fsp3) is 0.538. The van der Waals surface area contributed by atoms with Gasteiger partial charge in [0.05, 0.1) is 4.47 Å². The lowest BCUT2D eigenvalue weighted by Gasteiger charge is -2.18. The quantitative estimate of drug-likeness (QED) is 0.747. The van der Waals surface area contributed by atoms with Crippen LogP contribution in [0.2, 0.25) is 0 Å². The molecule has 1 aromatic carbocycles. The molecule has 0 amide bonds. The summed E-state index contributed by atoms with van der Waals surface area (Å²) in [5.74, 6) is 0.896. The first-order valence-corrected chi connectivity index (χ1v) is 7.15. The highest BCUT2D eigenvalue weighted by atomic mass is 79.9. The Morgan fingerprint density at radius 3 is 3.06 bits per heavy atom. The highest BCUT2D eigenvalue weighted by molar-refractivity contribution is 9.10. The zero-order valence-electron chi connectivity index (χ0n) is 10.6. The standard InChI is InChI=1S/C13H20BrN3O/c1-10(8-15-9-11-6-7-16-17-11)18-13-5-3-2-4-12(13)14/h2-5,10-11,15-17H,6-9H2,1H3. The molecule has 0 aromatic heterocycles. The van der Waals surface area contributed by atoms with Crippen LogP contribution in [0.25, 0.3) is 0 Å². The molecule has 0 aliphatic carbocycles. The van der Waals surface area contributed by atoms with Crippen LogP contribution in [-0.4, -0.2) is 31.8 Å². The van der Waals surface area contributed by atoms with E-state index in [9.17, 15) is 0 Å². The summed E-state index contributed by atoms with van der Waals surface area (Å²) in [4.78, 5) is 0. The van der Waals surface area contributed by atoms with Crippen molar-refractivity contribution in [3.8, 4) is 5.75 Å². The summed E-state index contributed by atoms with van der Waals surface area (Å²) in [6, 6.07) is 8.46. The van der Waals surface area contributed by atoms with E-state index in [4.69, 9.17) is 4.74 Å². The minimum atomic E-state index is 0.151. The fourth-order valence-corrected chi connectivity index (χ4v) is 2.33. The highest BCUT2D eigenvalue weighted by Gasteiger charge is 2.13. The molecular weight excluding hydrogens is 294 g/mol. The van der Waals surface area contributed by atoms with Crippen molar-refractivity contribution in [1.82, 2.24) is 16.2 Å². The first-order chi connectivity index (χ1) is 8.75. The lowest BCUT2D eigenvalue weighted by Crippen LogP contribution is -2.40. The van der Waals surface area contributed by atoms with Crippen molar-refractivity contribution in [2.75, 3.05) is 19.6 Å². The van der Waals surface area contributed by atoms with E-state index in [0.717, 1.165) is 29.9 Å². The van der Waals surface area contributed by atoms with Gasteiger partial charge in [-0.05, 0) is 41.4 Å². The van der Waals surface area contributed by atoms with Gasteiger partial charge in [0, 0.05) is 25.7 Å². The average Bonchev–Trinajstić information content (AvgIpc) is 2.85. The lowest BCUT2D eigenvalue weighted by molar-refractivity contribution is 0.214. The molecule has 2 rings (SSSR count). The molecule has 1 aliphatic heterocycles. The van der Waals surface area contributed by atoms with Crippen LogP contribution in [0.15, 0.2) is 28.7 Å². The van der Waals surface area contributed by atoms with E-state index in [1.807, 2.05) is 24.3 Å². The molecule has 0 spiro atoms. The Balaban J connectivity index is 1.68. The van der Waals surface area contributed by atoms with Crippen molar-refractivity contribution in [2.24, 2.45) is 0 Å². The number of hydrogen-bond donors (Lipinski definition) is 3. The predicted octanol–water partition coefficient (Wildman–Crippen LogP) is 1.67. The second-order valence-corrected chi connectivity index (χ2v) is 5.43. The van der Waals surface area contributed by atoms with Gasteiger partial charge in [-0.1, -0.05) is 12.1 Å². The normalized spacial score (nSPS) is 20.9. The van der Waals surface area contributed by atoms with Gasteiger partial charge >= 0.3 is 0 Å². The molecule has 0 radical (unpaired) electrons. The van der Waals surface area contributed by atoms with Gasteiger partial charge in [0.15, 0.2) is 0 Å². The Hall–Kier alpha value is -0.620. The topological polar surface area (TPSA) is 45.3 Å². The molecule has 1 saturated heterocycles. The Morgan fingerprint density at radius 1 is 1.50 bits per heavy atom. The maximum Gasteiger partial charge on any atom is 0.133 e. The third kappa shape index (κ3) is 4.24. The van der Waals surface area contributed by atoms with Crippen LogP contribution in [0, 0.1) is 0 Å². The first-order valence-electron chi connectivity index (χ1n) is 6.36. The van der Waals surface area contributed by atoms with Gasteiger partial charge in [-0.3, -0.25) is 10.9 Å². The number of hydrogen-bond acceptors (Lipinski definition) is 4.